The van der Waals surface area contributed by atoms with Crippen LogP contribution in [-0.4, -0.2) is 54.5 Å². The first kappa shape index (κ1) is 24.8. The molecule has 6 nitrogen and oxygen atoms in total. The molecule has 2 bridgehead atoms. The highest BCUT2D eigenvalue weighted by Crippen LogP contribution is 2.47. The monoisotopic (exact) mass is 492 g/mol. The predicted octanol–water partition coefficient (Wildman–Crippen LogP) is 5.73. The van der Waals surface area contributed by atoms with Gasteiger partial charge in [-0.3, -0.25) is 0 Å². The molecule has 3 saturated heterocycles. The molecule has 3 heterocycles. The van der Waals surface area contributed by atoms with Crippen LogP contribution in [0.15, 0.2) is 60.7 Å². The number of esters is 1. The molecule has 6 heteroatoms. The van der Waals surface area contributed by atoms with E-state index in [2.05, 4.69) is 0 Å². The second-order valence-corrected chi connectivity index (χ2v) is 10.6. The van der Waals surface area contributed by atoms with E-state index in [0.717, 1.165) is 25.7 Å². The van der Waals surface area contributed by atoms with Gasteiger partial charge in [-0.15, -0.1) is 0 Å². The Bertz CT molecular complexity index is 978. The SMILES string of the molecule is CCCCOC(=O)OC(C(=O)OC1CC2CCC(C1)[N+]21CCCC1)(c1ccccc1)c1ccccc1. The number of ether oxygens (including phenoxy) is 3. The fourth-order valence-corrected chi connectivity index (χ4v) is 6.90. The van der Waals surface area contributed by atoms with Crippen LogP contribution in [0, 0.1) is 0 Å². The van der Waals surface area contributed by atoms with Crippen LogP contribution in [0.4, 0.5) is 4.79 Å². The maximum absolute atomic E-state index is 14.2. The van der Waals surface area contributed by atoms with Gasteiger partial charge < -0.3 is 18.7 Å². The molecule has 0 N–H and O–H groups in total. The maximum atomic E-state index is 14.2. The molecule has 2 unspecified atom stereocenters. The van der Waals surface area contributed by atoms with Gasteiger partial charge in [-0.1, -0.05) is 74.0 Å². The standard InChI is InChI=1S/C30H38NO5/c1-2-3-20-34-29(33)36-30(23-12-6-4-7-13-23,24-14-8-5-9-15-24)28(32)35-27-21-25-16-17-26(22-27)31(25)18-10-11-19-31/h4-9,12-15,25-27H,2-3,10-11,16-22H2,1H3/q+1. The molecule has 0 saturated carbocycles. The average molecular weight is 493 g/mol. The number of quaternary nitrogens is 1. The van der Waals surface area contributed by atoms with Crippen molar-refractivity contribution in [3.63, 3.8) is 0 Å². The van der Waals surface area contributed by atoms with Gasteiger partial charge in [-0.2, -0.15) is 0 Å². The third-order valence-corrected chi connectivity index (χ3v) is 8.63. The molecule has 3 aliphatic rings. The Morgan fingerprint density at radius 1 is 0.889 bits per heavy atom. The van der Waals surface area contributed by atoms with Crippen LogP contribution >= 0.6 is 0 Å². The number of carbonyl (C=O) groups excluding carboxylic acids is 2. The summed E-state index contributed by atoms with van der Waals surface area (Å²) in [6, 6.07) is 19.5. The number of carbonyl (C=O) groups is 2. The van der Waals surface area contributed by atoms with E-state index in [4.69, 9.17) is 14.2 Å². The Hall–Kier alpha value is -2.86. The van der Waals surface area contributed by atoms with Gasteiger partial charge in [-0.05, 0) is 6.42 Å². The first-order valence-electron chi connectivity index (χ1n) is 13.6. The molecule has 36 heavy (non-hydrogen) atoms. The van der Waals surface area contributed by atoms with Crippen LogP contribution in [0.25, 0.3) is 0 Å². The van der Waals surface area contributed by atoms with Crippen molar-refractivity contribution in [1.29, 1.82) is 0 Å². The van der Waals surface area contributed by atoms with Crippen molar-refractivity contribution in [1.82, 2.24) is 0 Å². The van der Waals surface area contributed by atoms with E-state index >= 15 is 0 Å². The number of hydrogen-bond donors (Lipinski definition) is 0. The zero-order chi connectivity index (χ0) is 25.0. The van der Waals surface area contributed by atoms with Crippen molar-refractivity contribution >= 4 is 12.1 Å². The van der Waals surface area contributed by atoms with Gasteiger partial charge in [0.2, 0.25) is 0 Å². The molecule has 0 radical (unpaired) electrons. The minimum atomic E-state index is -1.73. The molecule has 2 aromatic carbocycles. The second kappa shape index (κ2) is 10.6. The average Bonchev–Trinajstić information content (AvgIpc) is 3.45. The normalized spacial score (nSPS) is 24.4. The van der Waals surface area contributed by atoms with Crippen molar-refractivity contribution in [2.24, 2.45) is 0 Å². The van der Waals surface area contributed by atoms with E-state index < -0.39 is 17.7 Å². The summed E-state index contributed by atoms with van der Waals surface area (Å²) in [7, 11) is 0. The van der Waals surface area contributed by atoms with Gasteiger partial charge in [0.05, 0.1) is 31.8 Å². The summed E-state index contributed by atoms with van der Waals surface area (Å²) < 4.78 is 18.9. The number of hydrogen-bond acceptors (Lipinski definition) is 5. The van der Waals surface area contributed by atoms with Crippen molar-refractivity contribution in [3.8, 4) is 0 Å². The maximum Gasteiger partial charge on any atom is 0.510 e. The number of rotatable bonds is 8. The number of benzene rings is 2. The number of unbranched alkanes of at least 4 members (excludes halogenated alkanes) is 1. The second-order valence-electron chi connectivity index (χ2n) is 10.6. The molecule has 2 atom stereocenters. The van der Waals surface area contributed by atoms with E-state index in [9.17, 15) is 9.59 Å². The highest BCUT2D eigenvalue weighted by molar-refractivity contribution is 5.88. The first-order valence-corrected chi connectivity index (χ1v) is 13.6. The Balaban J connectivity index is 1.45. The van der Waals surface area contributed by atoms with Crippen LogP contribution in [0.5, 0.6) is 0 Å². The molecule has 3 aliphatic heterocycles. The highest BCUT2D eigenvalue weighted by atomic mass is 16.7. The Kier molecular flexibility index (Phi) is 7.33. The van der Waals surface area contributed by atoms with Crippen LogP contribution in [-0.2, 0) is 24.6 Å². The minimum Gasteiger partial charge on any atom is -0.458 e. The largest absolute Gasteiger partial charge is 0.510 e. The lowest BCUT2D eigenvalue weighted by Gasteiger charge is -2.47. The van der Waals surface area contributed by atoms with Crippen molar-refractivity contribution in [2.75, 3.05) is 19.7 Å². The van der Waals surface area contributed by atoms with Crippen LogP contribution in [0.2, 0.25) is 0 Å². The van der Waals surface area contributed by atoms with Gasteiger partial charge in [0.15, 0.2) is 0 Å². The van der Waals surface area contributed by atoms with E-state index in [0.29, 0.717) is 23.2 Å². The van der Waals surface area contributed by atoms with Gasteiger partial charge in [0.25, 0.3) is 5.60 Å². The minimum absolute atomic E-state index is 0.175. The topological polar surface area (TPSA) is 61.8 Å². The summed E-state index contributed by atoms with van der Waals surface area (Å²) in [6.45, 7) is 4.80. The Morgan fingerprint density at radius 2 is 1.44 bits per heavy atom. The molecule has 2 aromatic rings. The van der Waals surface area contributed by atoms with Crippen molar-refractivity contribution in [3.05, 3.63) is 71.8 Å². The molecule has 192 valence electrons. The molecule has 0 aliphatic carbocycles. The Morgan fingerprint density at radius 3 is 1.97 bits per heavy atom. The van der Waals surface area contributed by atoms with Gasteiger partial charge in [0, 0.05) is 49.7 Å². The van der Waals surface area contributed by atoms with Crippen LogP contribution < -0.4 is 0 Å². The number of piperidine rings is 1. The van der Waals surface area contributed by atoms with Crippen LogP contribution in [0.3, 0.4) is 0 Å². The Labute approximate surface area is 214 Å². The summed E-state index contributed by atoms with van der Waals surface area (Å²) in [5, 5.41) is 0. The smallest absolute Gasteiger partial charge is 0.458 e. The molecular formula is C30H38NO5+. The fourth-order valence-electron chi connectivity index (χ4n) is 6.90. The van der Waals surface area contributed by atoms with Gasteiger partial charge in [-0.25, -0.2) is 9.59 Å². The van der Waals surface area contributed by atoms with E-state index in [1.165, 1.54) is 43.3 Å². The molecule has 1 spiro atoms. The molecule has 0 aromatic heterocycles. The first-order chi connectivity index (χ1) is 17.6. The number of nitrogens with zero attached hydrogens (tertiary/aromatic N) is 1. The summed E-state index contributed by atoms with van der Waals surface area (Å²) in [5.41, 5.74) is -0.631. The highest BCUT2D eigenvalue weighted by Gasteiger charge is 2.57. The summed E-state index contributed by atoms with van der Waals surface area (Å²) in [4.78, 5) is 27.1. The zero-order valence-electron chi connectivity index (χ0n) is 21.3. The predicted molar refractivity (Wildman–Crippen MR) is 136 cm³/mol. The van der Waals surface area contributed by atoms with Gasteiger partial charge in [0.1, 0.15) is 6.10 Å². The fraction of sp³-hybridized carbons (Fsp3) is 0.533. The zero-order valence-corrected chi connectivity index (χ0v) is 21.3. The van der Waals surface area contributed by atoms with Crippen molar-refractivity contribution < 1.29 is 28.3 Å². The molecule has 5 rings (SSSR count). The molecular weight excluding hydrogens is 454 g/mol. The summed E-state index contributed by atoms with van der Waals surface area (Å²) in [6.07, 6.45) is 7.36. The molecule has 0 amide bonds. The lowest BCUT2D eigenvalue weighted by atomic mass is 9.85. The summed E-state index contributed by atoms with van der Waals surface area (Å²) >= 11 is 0. The van der Waals surface area contributed by atoms with E-state index in [1.807, 2.05) is 67.6 Å². The third kappa shape index (κ3) is 4.52. The van der Waals surface area contributed by atoms with Crippen molar-refractivity contribution in [2.45, 2.75) is 82.1 Å². The van der Waals surface area contributed by atoms with Gasteiger partial charge >= 0.3 is 12.1 Å². The third-order valence-electron chi connectivity index (χ3n) is 8.63. The lowest BCUT2D eigenvalue weighted by molar-refractivity contribution is -0.956. The summed E-state index contributed by atoms with van der Waals surface area (Å²) in [5.74, 6) is -0.549. The van der Waals surface area contributed by atoms with Crippen LogP contribution in [0.1, 0.15) is 69.4 Å². The van der Waals surface area contributed by atoms with E-state index in [-0.39, 0.29) is 12.7 Å². The molecule has 3 fully saturated rings. The van der Waals surface area contributed by atoms with E-state index in [1.54, 1.807) is 0 Å². The lowest BCUT2D eigenvalue weighted by Crippen LogP contribution is -2.60. The quantitative estimate of drug-likeness (QED) is 0.268.